The van der Waals surface area contributed by atoms with E-state index in [4.69, 9.17) is 9.37 Å². The lowest BCUT2D eigenvalue weighted by molar-refractivity contribution is 0.304. The van der Waals surface area contributed by atoms with Crippen LogP contribution in [0.2, 0.25) is 0 Å². The quantitative estimate of drug-likeness (QED) is 0.124. The first-order valence-corrected chi connectivity index (χ1v) is 13.0. The summed E-state index contributed by atoms with van der Waals surface area (Å²) < 4.78 is 12.5. The third kappa shape index (κ3) is 5.51. The molecule has 14 heteroatoms. The van der Waals surface area contributed by atoms with E-state index in [0.29, 0.717) is 40.5 Å². The topological polar surface area (TPSA) is 159 Å². The average molecular weight is 651 g/mol. The van der Waals surface area contributed by atoms with Crippen LogP contribution in [-0.4, -0.2) is 36.5 Å². The highest BCUT2D eigenvalue weighted by Gasteiger charge is 2.14. The van der Waals surface area contributed by atoms with Gasteiger partial charge in [-0.15, -0.1) is 0 Å². The van der Waals surface area contributed by atoms with Crippen molar-refractivity contribution >= 4 is 77.7 Å². The molecule has 3 aromatic heterocycles. The minimum Gasteiger partial charge on any atom is -0.487 e. The average Bonchev–Trinajstić information content (AvgIpc) is 3.53. The molecule has 39 heavy (non-hydrogen) atoms. The highest BCUT2D eigenvalue weighted by Crippen LogP contribution is 2.33. The van der Waals surface area contributed by atoms with Crippen molar-refractivity contribution in [3.63, 3.8) is 0 Å². The summed E-state index contributed by atoms with van der Waals surface area (Å²) in [4.78, 5) is 25.9. The molecule has 0 radical (unpaired) electrons. The van der Waals surface area contributed by atoms with Gasteiger partial charge >= 0.3 is 5.69 Å². The van der Waals surface area contributed by atoms with Crippen LogP contribution in [0.5, 0.6) is 5.75 Å². The molecular formula is C25H17Br2N9O3. The van der Waals surface area contributed by atoms with Crippen molar-refractivity contribution in [2.75, 3.05) is 10.7 Å². The Morgan fingerprint density at radius 3 is 2.54 bits per heavy atom. The Kier molecular flexibility index (Phi) is 6.77. The summed E-state index contributed by atoms with van der Waals surface area (Å²) in [6, 6.07) is 19.0. The van der Waals surface area contributed by atoms with E-state index in [1.165, 1.54) is 0 Å². The molecule has 194 valence electrons. The van der Waals surface area contributed by atoms with Gasteiger partial charge in [0.2, 0.25) is 11.3 Å². The minimum absolute atomic E-state index is 0.209. The first kappa shape index (κ1) is 24.8. The van der Waals surface area contributed by atoms with Gasteiger partial charge < -0.3 is 20.0 Å². The molecule has 3 heterocycles. The lowest BCUT2D eigenvalue weighted by atomic mass is 10.2. The van der Waals surface area contributed by atoms with Crippen LogP contribution in [-0.2, 0) is 6.61 Å². The fourth-order valence-corrected chi connectivity index (χ4v) is 5.14. The Labute approximate surface area is 236 Å². The zero-order valence-corrected chi connectivity index (χ0v) is 22.9. The molecule has 0 atom stereocenters. The first-order chi connectivity index (χ1) is 19.0. The Bertz CT molecular complexity index is 1880. The molecule has 3 aromatic carbocycles. The second-order valence-electron chi connectivity index (χ2n) is 8.25. The molecule has 6 rings (SSSR count). The van der Waals surface area contributed by atoms with Crippen LogP contribution < -0.4 is 21.2 Å². The highest BCUT2D eigenvalue weighted by atomic mass is 79.9. The molecule has 0 fully saturated rings. The zero-order chi connectivity index (χ0) is 26.8. The number of fused-ring (bicyclic) bond motifs is 2. The lowest BCUT2D eigenvalue weighted by Crippen LogP contribution is -2.04. The fourth-order valence-electron chi connectivity index (χ4n) is 3.77. The van der Waals surface area contributed by atoms with Crippen LogP contribution in [0.25, 0.3) is 22.3 Å². The standard InChI is InChI=1S/C25H17Br2N9O3/c26-15-8-14(20(17(27)9-15)38-12-13-4-2-1-3-5-13)11-28-34-22-21(32-23-24(33-22)36-39-35-23)29-16-6-7-18-19(10-16)31-25(37)30-18/h1-11H,12H2,(H,29,32,35)(H2,30,31,37)(H,33,34,36)/b28-11-. The summed E-state index contributed by atoms with van der Waals surface area (Å²) in [6.45, 7) is 0.390. The monoisotopic (exact) mass is 649 g/mol. The molecule has 0 amide bonds. The lowest BCUT2D eigenvalue weighted by Gasteiger charge is -2.12. The molecular weight excluding hydrogens is 634 g/mol. The molecule has 0 aliphatic heterocycles. The number of hydrogen-bond acceptors (Lipinski definition) is 10. The summed E-state index contributed by atoms with van der Waals surface area (Å²) in [5.74, 6) is 1.23. The van der Waals surface area contributed by atoms with Gasteiger partial charge in [0, 0.05) is 15.7 Å². The molecule has 0 aliphatic carbocycles. The van der Waals surface area contributed by atoms with Crippen molar-refractivity contribution in [2.45, 2.75) is 6.61 Å². The molecule has 0 saturated carbocycles. The molecule has 0 saturated heterocycles. The predicted octanol–water partition coefficient (Wildman–Crippen LogP) is 5.48. The summed E-state index contributed by atoms with van der Waals surface area (Å²) >= 11 is 7.10. The van der Waals surface area contributed by atoms with Crippen molar-refractivity contribution in [1.29, 1.82) is 0 Å². The summed E-state index contributed by atoms with van der Waals surface area (Å²) in [7, 11) is 0. The number of rotatable bonds is 8. The van der Waals surface area contributed by atoms with Gasteiger partial charge in [-0.1, -0.05) is 46.3 Å². The Morgan fingerprint density at radius 2 is 1.72 bits per heavy atom. The van der Waals surface area contributed by atoms with E-state index in [2.05, 4.69) is 78.0 Å². The third-order valence-electron chi connectivity index (χ3n) is 5.53. The number of anilines is 3. The van der Waals surface area contributed by atoms with Gasteiger partial charge in [0.25, 0.3) is 0 Å². The second kappa shape index (κ2) is 10.7. The molecule has 12 nitrogen and oxygen atoms in total. The largest absolute Gasteiger partial charge is 0.487 e. The van der Waals surface area contributed by atoms with E-state index < -0.39 is 0 Å². The molecule has 0 aliphatic rings. The minimum atomic E-state index is -0.292. The van der Waals surface area contributed by atoms with Gasteiger partial charge in [-0.25, -0.2) is 14.4 Å². The maximum atomic E-state index is 11.6. The summed E-state index contributed by atoms with van der Waals surface area (Å²) in [6.07, 6.45) is 1.61. The van der Waals surface area contributed by atoms with Crippen LogP contribution in [0, 0.1) is 0 Å². The molecule has 0 bridgehead atoms. The molecule has 6 aromatic rings. The number of aromatic nitrogens is 6. The second-order valence-corrected chi connectivity index (χ2v) is 10.0. The number of aromatic amines is 2. The van der Waals surface area contributed by atoms with E-state index in [1.54, 1.807) is 24.4 Å². The van der Waals surface area contributed by atoms with E-state index in [9.17, 15) is 4.79 Å². The van der Waals surface area contributed by atoms with E-state index >= 15 is 0 Å². The Morgan fingerprint density at radius 1 is 0.949 bits per heavy atom. The molecule has 0 spiro atoms. The van der Waals surface area contributed by atoms with Crippen molar-refractivity contribution < 1.29 is 9.37 Å². The Balaban J connectivity index is 1.28. The number of nitrogens with zero attached hydrogens (tertiary/aromatic N) is 5. The third-order valence-corrected chi connectivity index (χ3v) is 6.58. The van der Waals surface area contributed by atoms with E-state index in [1.807, 2.05) is 42.5 Å². The van der Waals surface area contributed by atoms with Gasteiger partial charge in [-0.3, -0.25) is 5.43 Å². The number of hydrogen-bond donors (Lipinski definition) is 4. The van der Waals surface area contributed by atoms with Gasteiger partial charge in [-0.2, -0.15) is 10.1 Å². The smallest absolute Gasteiger partial charge is 0.323 e. The van der Waals surface area contributed by atoms with E-state index in [0.717, 1.165) is 14.5 Å². The SMILES string of the molecule is O=c1[nH]c2ccc(Nc3nc4nonc4nc3N/N=C\c3cc(Br)cc(Br)c3OCc3ccccc3)cc2[nH]1. The normalized spacial score (nSPS) is 11.4. The van der Waals surface area contributed by atoms with Gasteiger partial charge in [0.15, 0.2) is 11.6 Å². The van der Waals surface area contributed by atoms with Crippen LogP contribution in [0.15, 0.2) is 84.1 Å². The fraction of sp³-hybridized carbons (Fsp3) is 0.0400. The van der Waals surface area contributed by atoms with E-state index in [-0.39, 0.29) is 22.8 Å². The molecule has 0 unspecified atom stereocenters. The van der Waals surface area contributed by atoms with Crippen molar-refractivity contribution in [3.05, 3.63) is 91.2 Å². The van der Waals surface area contributed by atoms with Gasteiger partial charge in [0.1, 0.15) is 12.4 Å². The molecule has 4 N–H and O–H groups in total. The first-order valence-electron chi connectivity index (χ1n) is 11.5. The van der Waals surface area contributed by atoms with Gasteiger partial charge in [0.05, 0.1) is 21.7 Å². The van der Waals surface area contributed by atoms with Crippen molar-refractivity contribution in [2.24, 2.45) is 5.10 Å². The number of hydrazone groups is 1. The number of halogens is 2. The number of imidazole rings is 1. The maximum Gasteiger partial charge on any atom is 0.323 e. The van der Waals surface area contributed by atoms with Crippen LogP contribution >= 0.6 is 31.9 Å². The zero-order valence-electron chi connectivity index (χ0n) is 19.8. The number of benzene rings is 3. The van der Waals surface area contributed by atoms with Crippen LogP contribution in [0.1, 0.15) is 11.1 Å². The van der Waals surface area contributed by atoms with Crippen molar-refractivity contribution in [1.82, 2.24) is 30.2 Å². The summed E-state index contributed by atoms with van der Waals surface area (Å²) in [5, 5.41) is 15.1. The number of H-pyrrole nitrogens is 2. The maximum absolute atomic E-state index is 11.6. The van der Waals surface area contributed by atoms with Crippen LogP contribution in [0.4, 0.5) is 17.3 Å². The summed E-state index contributed by atoms with van der Waals surface area (Å²) in [5.41, 5.74) is 6.78. The van der Waals surface area contributed by atoms with Crippen LogP contribution in [0.3, 0.4) is 0 Å². The Hall–Kier alpha value is -4.56. The predicted molar refractivity (Wildman–Crippen MR) is 153 cm³/mol. The highest BCUT2D eigenvalue weighted by molar-refractivity contribution is 9.11. The number of nitrogens with one attached hydrogen (secondary N) is 4. The number of ether oxygens (including phenoxy) is 1. The van der Waals surface area contributed by atoms with Gasteiger partial charge in [-0.05, 0) is 62.1 Å². The van der Waals surface area contributed by atoms with Crippen molar-refractivity contribution in [3.8, 4) is 5.75 Å².